The van der Waals surface area contributed by atoms with Crippen LogP contribution in [0.15, 0.2) is 24.3 Å². The van der Waals surface area contributed by atoms with E-state index < -0.39 is 5.60 Å². The Morgan fingerprint density at radius 2 is 2.22 bits per heavy atom. The highest BCUT2D eigenvalue weighted by atomic mass is 16.5. The highest BCUT2D eigenvalue weighted by Gasteiger charge is 2.39. The van der Waals surface area contributed by atoms with E-state index in [9.17, 15) is 9.90 Å². The smallest absolute Gasteiger partial charge is 0.251 e. The maximum Gasteiger partial charge on any atom is 0.251 e. The van der Waals surface area contributed by atoms with Crippen LogP contribution in [-0.4, -0.2) is 43.4 Å². The molecule has 1 unspecified atom stereocenters. The zero-order valence-electron chi connectivity index (χ0n) is 13.8. The van der Waals surface area contributed by atoms with E-state index >= 15 is 0 Å². The Morgan fingerprint density at radius 3 is 2.96 bits per heavy atom. The van der Waals surface area contributed by atoms with Gasteiger partial charge in [-0.3, -0.25) is 4.79 Å². The van der Waals surface area contributed by atoms with E-state index in [-0.39, 0.29) is 5.91 Å². The molecule has 0 spiro atoms. The molecule has 0 radical (unpaired) electrons. The largest absolute Gasteiger partial charge is 0.497 e. The third-order valence-corrected chi connectivity index (χ3v) is 5.11. The molecular weight excluding hydrogens is 292 g/mol. The third-order valence-electron chi connectivity index (χ3n) is 5.11. The van der Waals surface area contributed by atoms with E-state index in [0.29, 0.717) is 25.3 Å². The average Bonchev–Trinajstić information content (AvgIpc) is 3.22. The van der Waals surface area contributed by atoms with Crippen molar-refractivity contribution in [3.8, 4) is 5.75 Å². The molecule has 1 aliphatic heterocycles. The number of anilines is 1. The van der Waals surface area contributed by atoms with Crippen molar-refractivity contribution >= 4 is 11.6 Å². The van der Waals surface area contributed by atoms with Crippen molar-refractivity contribution in [3.05, 3.63) is 24.3 Å². The van der Waals surface area contributed by atoms with Gasteiger partial charge in [-0.05, 0) is 50.2 Å². The van der Waals surface area contributed by atoms with Gasteiger partial charge in [-0.25, -0.2) is 0 Å². The van der Waals surface area contributed by atoms with Gasteiger partial charge in [0.05, 0.1) is 7.11 Å². The summed E-state index contributed by atoms with van der Waals surface area (Å²) in [6.07, 6.45) is 4.13. The SMILES string of the molecule is COc1cccc(N2CCC(CNC(=O)C3(O)CCCC3)C2)c1. The fourth-order valence-corrected chi connectivity index (χ4v) is 3.63. The molecule has 1 amide bonds. The minimum absolute atomic E-state index is 0.185. The highest BCUT2D eigenvalue weighted by Crippen LogP contribution is 2.30. The Balaban J connectivity index is 1.51. The predicted octanol–water partition coefficient (Wildman–Crippen LogP) is 1.94. The van der Waals surface area contributed by atoms with Crippen molar-refractivity contribution < 1.29 is 14.6 Å². The van der Waals surface area contributed by atoms with Gasteiger partial charge in [-0.1, -0.05) is 6.07 Å². The first-order valence-corrected chi connectivity index (χ1v) is 8.50. The molecule has 1 atom stereocenters. The molecule has 5 nitrogen and oxygen atoms in total. The maximum absolute atomic E-state index is 12.2. The molecule has 1 saturated heterocycles. The molecule has 126 valence electrons. The Labute approximate surface area is 137 Å². The standard InChI is InChI=1S/C18H26N2O3/c1-23-16-6-4-5-15(11-16)20-10-7-14(13-20)12-19-17(21)18(22)8-2-3-9-18/h4-6,11,14,22H,2-3,7-10,12-13H2,1H3,(H,19,21). The molecule has 2 aliphatic rings. The minimum Gasteiger partial charge on any atom is -0.497 e. The molecule has 2 N–H and O–H groups in total. The molecule has 1 aromatic carbocycles. The lowest BCUT2D eigenvalue weighted by Crippen LogP contribution is -2.46. The van der Waals surface area contributed by atoms with Crippen molar-refractivity contribution in [1.29, 1.82) is 0 Å². The van der Waals surface area contributed by atoms with Crippen LogP contribution in [0.5, 0.6) is 5.75 Å². The van der Waals surface area contributed by atoms with Crippen molar-refractivity contribution in [2.45, 2.75) is 37.7 Å². The fraction of sp³-hybridized carbons (Fsp3) is 0.611. The molecule has 0 aromatic heterocycles. The fourth-order valence-electron chi connectivity index (χ4n) is 3.63. The van der Waals surface area contributed by atoms with Crippen LogP contribution in [0.2, 0.25) is 0 Å². The lowest BCUT2D eigenvalue weighted by Gasteiger charge is -2.23. The van der Waals surface area contributed by atoms with Crippen LogP contribution in [0, 0.1) is 5.92 Å². The van der Waals surface area contributed by atoms with Gasteiger partial charge in [0, 0.05) is 31.4 Å². The van der Waals surface area contributed by atoms with Gasteiger partial charge < -0.3 is 20.1 Å². The third kappa shape index (κ3) is 3.61. The number of amides is 1. The van der Waals surface area contributed by atoms with Gasteiger partial charge in [0.15, 0.2) is 0 Å². The number of aliphatic hydroxyl groups is 1. The molecule has 1 heterocycles. The van der Waals surface area contributed by atoms with Crippen molar-refractivity contribution in [3.63, 3.8) is 0 Å². The zero-order valence-corrected chi connectivity index (χ0v) is 13.8. The maximum atomic E-state index is 12.2. The van der Waals surface area contributed by atoms with Gasteiger partial charge in [0.25, 0.3) is 5.91 Å². The van der Waals surface area contributed by atoms with E-state index in [1.165, 1.54) is 0 Å². The summed E-state index contributed by atoms with van der Waals surface area (Å²) in [4.78, 5) is 14.5. The molecular formula is C18H26N2O3. The van der Waals surface area contributed by atoms with Crippen molar-refractivity contribution in [2.24, 2.45) is 5.92 Å². The molecule has 1 saturated carbocycles. The normalized spacial score (nSPS) is 23.0. The second-order valence-electron chi connectivity index (χ2n) is 6.75. The van der Waals surface area contributed by atoms with Crippen LogP contribution >= 0.6 is 0 Å². The number of ether oxygens (including phenoxy) is 1. The number of carbonyl (C=O) groups is 1. The number of nitrogens with one attached hydrogen (secondary N) is 1. The Kier molecular flexibility index (Phi) is 4.76. The van der Waals surface area contributed by atoms with E-state index in [1.54, 1.807) is 7.11 Å². The lowest BCUT2D eigenvalue weighted by molar-refractivity contribution is -0.139. The first kappa shape index (κ1) is 16.1. The summed E-state index contributed by atoms with van der Waals surface area (Å²) in [6, 6.07) is 8.07. The topological polar surface area (TPSA) is 61.8 Å². The summed E-state index contributed by atoms with van der Waals surface area (Å²) in [5, 5.41) is 13.2. The van der Waals surface area contributed by atoms with Crippen LogP contribution in [0.25, 0.3) is 0 Å². The second kappa shape index (κ2) is 6.79. The van der Waals surface area contributed by atoms with Gasteiger partial charge in [-0.15, -0.1) is 0 Å². The van der Waals surface area contributed by atoms with E-state index in [4.69, 9.17) is 4.74 Å². The number of nitrogens with zero attached hydrogens (tertiary/aromatic N) is 1. The van der Waals surface area contributed by atoms with Crippen LogP contribution < -0.4 is 15.0 Å². The average molecular weight is 318 g/mol. The molecule has 3 rings (SSSR count). The van der Waals surface area contributed by atoms with Crippen LogP contribution in [0.3, 0.4) is 0 Å². The van der Waals surface area contributed by atoms with Crippen LogP contribution in [-0.2, 0) is 4.79 Å². The Bertz CT molecular complexity index is 555. The molecule has 2 fully saturated rings. The van der Waals surface area contributed by atoms with Gasteiger partial charge in [0.2, 0.25) is 0 Å². The summed E-state index contributed by atoms with van der Waals surface area (Å²) < 4.78 is 5.28. The van der Waals surface area contributed by atoms with Crippen LogP contribution in [0.1, 0.15) is 32.1 Å². The molecule has 1 aliphatic carbocycles. The number of hydrogen-bond donors (Lipinski definition) is 2. The predicted molar refractivity (Wildman–Crippen MR) is 89.7 cm³/mol. The number of hydrogen-bond acceptors (Lipinski definition) is 4. The Hall–Kier alpha value is -1.75. The second-order valence-corrected chi connectivity index (χ2v) is 6.75. The first-order chi connectivity index (χ1) is 11.1. The number of benzene rings is 1. The molecule has 23 heavy (non-hydrogen) atoms. The van der Waals surface area contributed by atoms with Crippen molar-refractivity contribution in [2.75, 3.05) is 31.6 Å². The quantitative estimate of drug-likeness (QED) is 0.871. The molecule has 5 heteroatoms. The lowest BCUT2D eigenvalue weighted by atomic mass is 10.0. The van der Waals surface area contributed by atoms with E-state index in [0.717, 1.165) is 43.8 Å². The summed E-state index contributed by atoms with van der Waals surface area (Å²) in [7, 11) is 1.68. The summed E-state index contributed by atoms with van der Waals surface area (Å²) >= 11 is 0. The zero-order chi connectivity index (χ0) is 16.3. The highest BCUT2D eigenvalue weighted by molar-refractivity contribution is 5.85. The van der Waals surface area contributed by atoms with Crippen LogP contribution in [0.4, 0.5) is 5.69 Å². The number of carbonyl (C=O) groups excluding carboxylic acids is 1. The number of rotatable bonds is 5. The summed E-state index contributed by atoms with van der Waals surface area (Å²) in [5.74, 6) is 1.10. The van der Waals surface area contributed by atoms with E-state index in [1.807, 2.05) is 18.2 Å². The van der Waals surface area contributed by atoms with Crippen molar-refractivity contribution in [1.82, 2.24) is 5.32 Å². The Morgan fingerprint density at radius 1 is 1.43 bits per heavy atom. The monoisotopic (exact) mass is 318 g/mol. The molecule has 1 aromatic rings. The summed E-state index contributed by atoms with van der Waals surface area (Å²) in [5.41, 5.74) is 0.0399. The van der Waals surface area contributed by atoms with Gasteiger partial charge in [-0.2, -0.15) is 0 Å². The number of methoxy groups -OCH3 is 1. The molecule has 0 bridgehead atoms. The van der Waals surface area contributed by atoms with Gasteiger partial charge in [0.1, 0.15) is 11.4 Å². The minimum atomic E-state index is -1.12. The first-order valence-electron chi connectivity index (χ1n) is 8.50. The summed E-state index contributed by atoms with van der Waals surface area (Å²) in [6.45, 7) is 2.55. The van der Waals surface area contributed by atoms with E-state index in [2.05, 4.69) is 16.3 Å². The van der Waals surface area contributed by atoms with Gasteiger partial charge >= 0.3 is 0 Å².